The van der Waals surface area contributed by atoms with E-state index in [0.717, 1.165) is 5.69 Å². The van der Waals surface area contributed by atoms with E-state index in [4.69, 9.17) is 4.74 Å². The van der Waals surface area contributed by atoms with E-state index in [1.54, 1.807) is 28.7 Å². The lowest BCUT2D eigenvalue weighted by atomic mass is 10.1. The summed E-state index contributed by atoms with van der Waals surface area (Å²) in [6.07, 6.45) is 3.29. The Balaban J connectivity index is 2.00. The number of carbonyl (C=O) groups is 1. The summed E-state index contributed by atoms with van der Waals surface area (Å²) in [5.41, 5.74) is 1.36. The van der Waals surface area contributed by atoms with Crippen molar-refractivity contribution < 1.29 is 9.53 Å². The summed E-state index contributed by atoms with van der Waals surface area (Å²) in [6, 6.07) is 3.62. The maximum absolute atomic E-state index is 12.1. The van der Waals surface area contributed by atoms with Crippen molar-refractivity contribution in [2.75, 3.05) is 0 Å². The van der Waals surface area contributed by atoms with Gasteiger partial charge < -0.3 is 4.74 Å². The molecular formula is C14H20N4O2. The average molecular weight is 276 g/mol. The molecular weight excluding hydrogens is 256 g/mol. The van der Waals surface area contributed by atoms with E-state index in [2.05, 4.69) is 10.2 Å². The molecule has 2 rings (SSSR count). The van der Waals surface area contributed by atoms with Crippen LogP contribution in [-0.2, 0) is 18.3 Å². The van der Waals surface area contributed by atoms with Crippen LogP contribution in [0.1, 0.15) is 42.9 Å². The number of carbonyl (C=O) groups excluding carboxylic acids is 1. The number of nitrogens with zero attached hydrogens (tertiary/aromatic N) is 4. The summed E-state index contributed by atoms with van der Waals surface area (Å²) < 4.78 is 8.73. The lowest BCUT2D eigenvalue weighted by Gasteiger charge is -2.13. The Kier molecular flexibility index (Phi) is 4.22. The van der Waals surface area contributed by atoms with Crippen LogP contribution >= 0.6 is 0 Å². The van der Waals surface area contributed by atoms with Gasteiger partial charge in [0.1, 0.15) is 11.8 Å². The molecule has 2 heterocycles. The summed E-state index contributed by atoms with van der Waals surface area (Å²) in [6.45, 7) is 6.46. The van der Waals surface area contributed by atoms with Crippen LogP contribution in [0, 0.1) is 0 Å². The fraction of sp³-hybridized carbons (Fsp3) is 0.500. The molecule has 2 aromatic heterocycles. The fourth-order valence-electron chi connectivity index (χ4n) is 1.91. The van der Waals surface area contributed by atoms with Crippen LogP contribution in [0.15, 0.2) is 24.5 Å². The third-order valence-corrected chi connectivity index (χ3v) is 3.01. The Morgan fingerprint density at radius 2 is 2.15 bits per heavy atom. The topological polar surface area (TPSA) is 61.9 Å². The first-order valence-electron chi connectivity index (χ1n) is 6.69. The van der Waals surface area contributed by atoms with Gasteiger partial charge in [-0.15, -0.1) is 0 Å². The van der Waals surface area contributed by atoms with Gasteiger partial charge in [0.2, 0.25) is 0 Å². The SMILES string of the molecule is CC(C)c1cc(C(=O)O[C@H](C)Cn2cccn2)n(C)n1. The predicted molar refractivity (Wildman–Crippen MR) is 74.4 cm³/mol. The fourth-order valence-corrected chi connectivity index (χ4v) is 1.91. The first-order valence-corrected chi connectivity index (χ1v) is 6.69. The lowest BCUT2D eigenvalue weighted by molar-refractivity contribution is 0.0286. The number of hydrogen-bond donors (Lipinski definition) is 0. The predicted octanol–water partition coefficient (Wildman–Crippen LogP) is 1.99. The summed E-state index contributed by atoms with van der Waals surface area (Å²) in [4.78, 5) is 12.1. The van der Waals surface area contributed by atoms with Gasteiger partial charge in [0.25, 0.3) is 0 Å². The van der Waals surface area contributed by atoms with Gasteiger partial charge in [-0.05, 0) is 25.0 Å². The van der Waals surface area contributed by atoms with E-state index in [1.807, 2.05) is 33.0 Å². The molecule has 0 aliphatic carbocycles. The first kappa shape index (κ1) is 14.3. The number of aromatic nitrogens is 4. The number of ether oxygens (including phenoxy) is 1. The first-order chi connectivity index (χ1) is 9.47. The Bertz CT molecular complexity index is 572. The van der Waals surface area contributed by atoms with Crippen LogP contribution in [0.25, 0.3) is 0 Å². The molecule has 108 valence electrons. The van der Waals surface area contributed by atoms with Crippen LogP contribution in [0.3, 0.4) is 0 Å². The van der Waals surface area contributed by atoms with Crippen molar-refractivity contribution in [2.45, 2.75) is 39.3 Å². The van der Waals surface area contributed by atoms with Crippen LogP contribution in [0.4, 0.5) is 0 Å². The van der Waals surface area contributed by atoms with Gasteiger partial charge in [0.15, 0.2) is 0 Å². The normalized spacial score (nSPS) is 12.7. The smallest absolute Gasteiger partial charge is 0.356 e. The Labute approximate surface area is 118 Å². The van der Waals surface area contributed by atoms with Crippen LogP contribution in [0.5, 0.6) is 0 Å². The van der Waals surface area contributed by atoms with Gasteiger partial charge in [0, 0.05) is 19.4 Å². The molecule has 0 spiro atoms. The van der Waals surface area contributed by atoms with E-state index in [-0.39, 0.29) is 18.0 Å². The zero-order valence-corrected chi connectivity index (χ0v) is 12.3. The molecule has 6 nitrogen and oxygen atoms in total. The summed E-state index contributed by atoms with van der Waals surface area (Å²) in [5, 5.41) is 8.40. The Hall–Kier alpha value is -2.11. The molecule has 0 fully saturated rings. The highest BCUT2D eigenvalue weighted by atomic mass is 16.5. The highest BCUT2D eigenvalue weighted by molar-refractivity contribution is 5.87. The van der Waals surface area contributed by atoms with Crippen molar-refractivity contribution >= 4 is 5.97 Å². The molecule has 1 atom stereocenters. The van der Waals surface area contributed by atoms with Crippen molar-refractivity contribution in [3.05, 3.63) is 35.9 Å². The maximum Gasteiger partial charge on any atom is 0.356 e. The number of aryl methyl sites for hydroxylation is 1. The van der Waals surface area contributed by atoms with Crippen LogP contribution in [0.2, 0.25) is 0 Å². The van der Waals surface area contributed by atoms with E-state index >= 15 is 0 Å². The minimum Gasteiger partial charge on any atom is -0.456 e. The lowest BCUT2D eigenvalue weighted by Crippen LogP contribution is -2.22. The molecule has 0 aliphatic heterocycles. The van der Waals surface area contributed by atoms with Crippen LogP contribution in [-0.4, -0.2) is 31.6 Å². The number of rotatable bonds is 5. The molecule has 0 radical (unpaired) electrons. The van der Waals surface area contributed by atoms with Crippen molar-refractivity contribution in [3.63, 3.8) is 0 Å². The molecule has 0 bridgehead atoms. The largest absolute Gasteiger partial charge is 0.456 e. The molecule has 0 N–H and O–H groups in total. The second-order valence-electron chi connectivity index (χ2n) is 5.18. The molecule has 0 amide bonds. The number of esters is 1. The van der Waals surface area contributed by atoms with Crippen molar-refractivity contribution in [3.8, 4) is 0 Å². The van der Waals surface area contributed by atoms with Gasteiger partial charge in [-0.2, -0.15) is 10.2 Å². The molecule has 20 heavy (non-hydrogen) atoms. The van der Waals surface area contributed by atoms with Gasteiger partial charge in [-0.3, -0.25) is 9.36 Å². The zero-order chi connectivity index (χ0) is 14.7. The van der Waals surface area contributed by atoms with E-state index in [1.165, 1.54) is 0 Å². The quantitative estimate of drug-likeness (QED) is 0.783. The van der Waals surface area contributed by atoms with Crippen molar-refractivity contribution in [1.82, 2.24) is 19.6 Å². The summed E-state index contributed by atoms with van der Waals surface area (Å²) in [7, 11) is 1.75. The zero-order valence-electron chi connectivity index (χ0n) is 12.3. The van der Waals surface area contributed by atoms with Gasteiger partial charge in [0.05, 0.1) is 12.2 Å². The van der Waals surface area contributed by atoms with Gasteiger partial charge >= 0.3 is 5.97 Å². The van der Waals surface area contributed by atoms with E-state index in [0.29, 0.717) is 12.2 Å². The minimum atomic E-state index is -0.355. The third-order valence-electron chi connectivity index (χ3n) is 3.01. The molecule has 2 aromatic rings. The van der Waals surface area contributed by atoms with E-state index < -0.39 is 0 Å². The van der Waals surface area contributed by atoms with Crippen molar-refractivity contribution in [2.24, 2.45) is 7.05 Å². The second-order valence-corrected chi connectivity index (χ2v) is 5.18. The van der Waals surface area contributed by atoms with E-state index in [9.17, 15) is 4.79 Å². The van der Waals surface area contributed by atoms with Crippen LogP contribution < -0.4 is 0 Å². The second kappa shape index (κ2) is 5.90. The van der Waals surface area contributed by atoms with Gasteiger partial charge in [-0.1, -0.05) is 13.8 Å². The molecule has 0 saturated carbocycles. The third kappa shape index (κ3) is 3.26. The highest BCUT2D eigenvalue weighted by Gasteiger charge is 2.18. The molecule has 0 unspecified atom stereocenters. The summed E-state index contributed by atoms with van der Waals surface area (Å²) >= 11 is 0. The Morgan fingerprint density at radius 1 is 1.40 bits per heavy atom. The molecule has 0 aliphatic rings. The minimum absolute atomic E-state index is 0.250. The monoisotopic (exact) mass is 276 g/mol. The average Bonchev–Trinajstić information content (AvgIpc) is 2.98. The van der Waals surface area contributed by atoms with Crippen molar-refractivity contribution in [1.29, 1.82) is 0 Å². The van der Waals surface area contributed by atoms with Gasteiger partial charge in [-0.25, -0.2) is 4.79 Å². The number of hydrogen-bond acceptors (Lipinski definition) is 4. The summed E-state index contributed by atoms with van der Waals surface area (Å²) in [5.74, 6) is -0.0733. The molecule has 0 saturated heterocycles. The Morgan fingerprint density at radius 3 is 2.70 bits per heavy atom. The standard InChI is InChI=1S/C14H20N4O2/c1-10(2)12-8-13(17(4)16-12)14(19)20-11(3)9-18-7-5-6-15-18/h5-8,10-11H,9H2,1-4H3/t11-/m1/s1. The maximum atomic E-state index is 12.1. The molecule has 0 aromatic carbocycles. The highest BCUT2D eigenvalue weighted by Crippen LogP contribution is 2.15. The molecule has 6 heteroatoms.